The summed E-state index contributed by atoms with van der Waals surface area (Å²) in [4.78, 5) is 12.2. The molecule has 10 heteroatoms. The van der Waals surface area contributed by atoms with E-state index < -0.39 is 42.9 Å². The van der Waals surface area contributed by atoms with Crippen LogP contribution in [0.25, 0.3) is 0 Å². The first-order chi connectivity index (χ1) is 9.62. The van der Waals surface area contributed by atoms with Crippen LogP contribution < -0.4 is 5.32 Å². The maximum atomic E-state index is 13.1. The Morgan fingerprint density at radius 2 is 2.14 bits per heavy atom. The Labute approximate surface area is 116 Å². The van der Waals surface area contributed by atoms with Crippen molar-refractivity contribution in [3.8, 4) is 0 Å². The maximum absolute atomic E-state index is 13.1. The lowest BCUT2D eigenvalue weighted by atomic mass is 9.92. The van der Waals surface area contributed by atoms with Gasteiger partial charge in [0.2, 0.25) is 5.60 Å². The number of hydrogen-bond donors (Lipinski definition) is 4. The van der Waals surface area contributed by atoms with E-state index in [0.29, 0.717) is 4.90 Å². The van der Waals surface area contributed by atoms with Crippen molar-refractivity contribution in [1.82, 2.24) is 10.2 Å². The van der Waals surface area contributed by atoms with E-state index in [2.05, 4.69) is 11.9 Å². The second-order valence-corrected chi connectivity index (χ2v) is 4.66. The summed E-state index contributed by atoms with van der Waals surface area (Å²) in [5, 5.41) is 30.6. The zero-order valence-corrected chi connectivity index (χ0v) is 10.5. The van der Waals surface area contributed by atoms with Gasteiger partial charge in [-0.3, -0.25) is 4.90 Å². The van der Waals surface area contributed by atoms with E-state index in [1.165, 1.54) is 6.08 Å². The van der Waals surface area contributed by atoms with Crippen LogP contribution >= 0.6 is 0 Å². The van der Waals surface area contributed by atoms with Crippen LogP contribution in [0, 0.1) is 0 Å². The van der Waals surface area contributed by atoms with E-state index in [-0.39, 0.29) is 5.70 Å². The lowest BCUT2D eigenvalue weighted by Gasteiger charge is -2.38. The van der Waals surface area contributed by atoms with Crippen molar-refractivity contribution in [1.29, 1.82) is 0 Å². The van der Waals surface area contributed by atoms with Crippen molar-refractivity contribution >= 4 is 6.03 Å². The average Bonchev–Trinajstić information content (AvgIpc) is 2.63. The van der Waals surface area contributed by atoms with Gasteiger partial charge in [0.05, 0.1) is 6.61 Å². The van der Waals surface area contributed by atoms with Gasteiger partial charge in [-0.05, 0) is 6.08 Å². The topological polar surface area (TPSA) is 102 Å². The van der Waals surface area contributed by atoms with E-state index in [9.17, 15) is 28.2 Å². The lowest BCUT2D eigenvalue weighted by Crippen LogP contribution is -2.64. The maximum Gasteiger partial charge on any atom is 0.424 e. The molecular formula is C11H13F3N2O5. The number of alkyl halides is 3. The van der Waals surface area contributed by atoms with Gasteiger partial charge in [-0.2, -0.15) is 13.2 Å². The Bertz CT molecular complexity index is 495. The van der Waals surface area contributed by atoms with Gasteiger partial charge in [-0.15, -0.1) is 0 Å². The molecule has 1 saturated heterocycles. The summed E-state index contributed by atoms with van der Waals surface area (Å²) in [5.41, 5.74) is -3.59. The highest BCUT2D eigenvalue weighted by atomic mass is 19.4. The predicted octanol–water partition coefficient (Wildman–Crippen LogP) is -0.590. The molecule has 0 aromatic heterocycles. The smallest absolute Gasteiger partial charge is 0.394 e. The molecular weight excluding hydrogens is 297 g/mol. The third-order valence-corrected chi connectivity index (χ3v) is 3.31. The van der Waals surface area contributed by atoms with E-state index in [1.54, 1.807) is 0 Å². The first-order valence-electron chi connectivity index (χ1n) is 5.83. The SMILES string of the molecule is C=C1C=CN(C2OC(CO)C(O)[C@@]2(O)C(F)(F)F)C(=O)N1. The number of rotatable bonds is 2. The molecule has 4 atom stereocenters. The summed E-state index contributed by atoms with van der Waals surface area (Å²) in [6, 6.07) is -1.01. The number of carbonyl (C=O) groups excluding carboxylic acids is 1. The third-order valence-electron chi connectivity index (χ3n) is 3.31. The number of nitrogens with one attached hydrogen (secondary N) is 1. The van der Waals surface area contributed by atoms with Crippen molar-refractivity contribution in [3.63, 3.8) is 0 Å². The molecule has 2 aliphatic rings. The third kappa shape index (κ3) is 2.29. The van der Waals surface area contributed by atoms with E-state index >= 15 is 0 Å². The molecule has 1 fully saturated rings. The normalized spacial score (nSPS) is 37.0. The van der Waals surface area contributed by atoms with E-state index in [0.717, 1.165) is 6.20 Å². The van der Waals surface area contributed by atoms with Crippen molar-refractivity contribution in [3.05, 3.63) is 24.6 Å². The number of aliphatic hydroxyl groups is 3. The van der Waals surface area contributed by atoms with Crippen molar-refractivity contribution in [2.75, 3.05) is 6.61 Å². The first kappa shape index (κ1) is 15.8. The van der Waals surface area contributed by atoms with Crippen LogP contribution in [0.4, 0.5) is 18.0 Å². The number of halogens is 3. The average molecular weight is 310 g/mol. The van der Waals surface area contributed by atoms with Crippen LogP contribution in [0.2, 0.25) is 0 Å². The van der Waals surface area contributed by atoms with Crippen LogP contribution in [0.3, 0.4) is 0 Å². The number of amides is 2. The molecule has 4 N–H and O–H groups in total. The summed E-state index contributed by atoms with van der Waals surface area (Å²) in [7, 11) is 0. The van der Waals surface area contributed by atoms with Crippen LogP contribution in [-0.4, -0.2) is 63.1 Å². The molecule has 3 unspecified atom stereocenters. The zero-order valence-electron chi connectivity index (χ0n) is 10.5. The molecule has 0 aliphatic carbocycles. The monoisotopic (exact) mass is 310 g/mol. The molecule has 0 bridgehead atoms. The van der Waals surface area contributed by atoms with Gasteiger partial charge in [0.25, 0.3) is 0 Å². The molecule has 0 radical (unpaired) electrons. The van der Waals surface area contributed by atoms with Gasteiger partial charge in [0.15, 0.2) is 6.23 Å². The largest absolute Gasteiger partial charge is 0.424 e. The fourth-order valence-corrected chi connectivity index (χ4v) is 2.17. The summed E-state index contributed by atoms with van der Waals surface area (Å²) in [6.07, 6.45) is -9.53. The lowest BCUT2D eigenvalue weighted by molar-refractivity contribution is -0.303. The molecule has 0 saturated carbocycles. The fraction of sp³-hybridized carbons (Fsp3) is 0.545. The Kier molecular flexibility index (Phi) is 3.74. The second kappa shape index (κ2) is 4.98. The Morgan fingerprint density at radius 3 is 2.62 bits per heavy atom. The highest BCUT2D eigenvalue weighted by Crippen LogP contribution is 2.45. The number of aliphatic hydroxyl groups excluding tert-OH is 2. The molecule has 0 aromatic carbocycles. The highest BCUT2D eigenvalue weighted by molar-refractivity contribution is 5.79. The molecule has 0 spiro atoms. The van der Waals surface area contributed by atoms with Gasteiger partial charge in [0, 0.05) is 11.9 Å². The summed E-state index contributed by atoms with van der Waals surface area (Å²) in [5.74, 6) is 0. The standard InChI is InChI=1S/C11H13F3N2O5/c1-5-2-3-16(9(19)15-5)8-10(20,11(12,13)14)7(18)6(4-17)21-8/h2-3,6-8,17-18,20H,1,4H2,(H,15,19)/t6?,7?,8?,10-/m0/s1. The number of nitrogens with zero attached hydrogens (tertiary/aromatic N) is 1. The van der Waals surface area contributed by atoms with Gasteiger partial charge in [0.1, 0.15) is 12.2 Å². The minimum atomic E-state index is -5.29. The minimum absolute atomic E-state index is 0.143. The van der Waals surface area contributed by atoms with Gasteiger partial charge in [-0.1, -0.05) is 6.58 Å². The number of ether oxygens (including phenoxy) is 1. The number of carbonyl (C=O) groups is 1. The fourth-order valence-electron chi connectivity index (χ4n) is 2.17. The van der Waals surface area contributed by atoms with Gasteiger partial charge < -0.3 is 25.4 Å². The van der Waals surface area contributed by atoms with Gasteiger partial charge >= 0.3 is 12.2 Å². The first-order valence-corrected chi connectivity index (χ1v) is 5.83. The zero-order chi connectivity index (χ0) is 16.0. The van der Waals surface area contributed by atoms with Crippen molar-refractivity contribution in [2.24, 2.45) is 0 Å². The molecule has 7 nitrogen and oxygen atoms in total. The molecule has 21 heavy (non-hydrogen) atoms. The summed E-state index contributed by atoms with van der Waals surface area (Å²) < 4.78 is 44.3. The number of urea groups is 1. The summed E-state index contributed by atoms with van der Waals surface area (Å²) in [6.45, 7) is 2.44. The van der Waals surface area contributed by atoms with E-state index in [1.807, 2.05) is 0 Å². The number of allylic oxidation sites excluding steroid dienone is 1. The Morgan fingerprint density at radius 1 is 1.52 bits per heavy atom. The molecule has 118 valence electrons. The highest BCUT2D eigenvalue weighted by Gasteiger charge is 2.71. The quantitative estimate of drug-likeness (QED) is 0.546. The Hall–Kier alpha value is -1.62. The van der Waals surface area contributed by atoms with Crippen LogP contribution in [-0.2, 0) is 4.74 Å². The van der Waals surface area contributed by atoms with Crippen LogP contribution in [0.1, 0.15) is 0 Å². The van der Waals surface area contributed by atoms with Crippen molar-refractivity contribution < 1.29 is 38.0 Å². The van der Waals surface area contributed by atoms with Gasteiger partial charge in [-0.25, -0.2) is 4.79 Å². The number of hydrogen-bond acceptors (Lipinski definition) is 5. The molecule has 2 aliphatic heterocycles. The minimum Gasteiger partial charge on any atom is -0.394 e. The molecule has 2 heterocycles. The van der Waals surface area contributed by atoms with E-state index in [4.69, 9.17) is 9.84 Å². The van der Waals surface area contributed by atoms with Crippen LogP contribution in [0.5, 0.6) is 0 Å². The van der Waals surface area contributed by atoms with Crippen molar-refractivity contribution in [2.45, 2.75) is 30.2 Å². The molecule has 0 aromatic rings. The second-order valence-electron chi connectivity index (χ2n) is 4.66. The summed E-state index contributed by atoms with van der Waals surface area (Å²) >= 11 is 0. The molecule has 2 rings (SSSR count). The Balaban J connectivity index is 2.43. The molecule has 2 amide bonds. The van der Waals surface area contributed by atoms with Crippen LogP contribution in [0.15, 0.2) is 24.6 Å². The predicted molar refractivity (Wildman–Crippen MR) is 61.4 cm³/mol.